The van der Waals surface area contributed by atoms with E-state index in [1.54, 1.807) is 12.4 Å². The lowest BCUT2D eigenvalue weighted by molar-refractivity contribution is 0.0761. The summed E-state index contributed by atoms with van der Waals surface area (Å²) >= 11 is 0. The normalized spacial score (nSPS) is 14.1. The number of amides is 1. The Kier molecular flexibility index (Phi) is 4.94. The first-order valence-corrected chi connectivity index (χ1v) is 9.76. The van der Waals surface area contributed by atoms with E-state index in [9.17, 15) is 4.79 Å². The van der Waals surface area contributed by atoms with E-state index in [-0.39, 0.29) is 11.8 Å². The van der Waals surface area contributed by atoms with E-state index >= 15 is 0 Å². The number of fused-ring (bicyclic) bond motifs is 1. The van der Waals surface area contributed by atoms with Crippen molar-refractivity contribution in [3.8, 4) is 11.3 Å². The van der Waals surface area contributed by atoms with Crippen LogP contribution in [0.3, 0.4) is 0 Å². The van der Waals surface area contributed by atoms with Crippen LogP contribution in [0.15, 0.2) is 42.7 Å². The van der Waals surface area contributed by atoms with E-state index < -0.39 is 0 Å². The summed E-state index contributed by atoms with van der Waals surface area (Å²) in [4.78, 5) is 23.5. The summed E-state index contributed by atoms with van der Waals surface area (Å²) < 4.78 is 1.97. The fraction of sp³-hybridized carbons (Fsp3) is 0.364. The molecule has 1 aliphatic rings. The molecule has 144 valence electrons. The van der Waals surface area contributed by atoms with Crippen molar-refractivity contribution in [2.75, 3.05) is 13.1 Å². The smallest absolute Gasteiger partial charge is 0.257 e. The Morgan fingerprint density at radius 1 is 1.04 bits per heavy atom. The number of carbonyl (C=O) groups excluding carboxylic acids is 1. The van der Waals surface area contributed by atoms with Gasteiger partial charge in [-0.3, -0.25) is 9.48 Å². The molecule has 0 saturated heterocycles. The average molecular weight is 375 g/mol. The number of aryl methyl sites for hydroxylation is 1. The molecule has 1 aliphatic heterocycles. The first-order valence-electron chi connectivity index (χ1n) is 9.76. The van der Waals surface area contributed by atoms with Gasteiger partial charge in [-0.25, -0.2) is 9.97 Å². The molecule has 0 atom stereocenters. The second-order valence-corrected chi connectivity index (χ2v) is 7.54. The summed E-state index contributed by atoms with van der Waals surface area (Å²) in [6.07, 6.45) is 4.85. The number of aromatic nitrogens is 4. The second-order valence-electron chi connectivity index (χ2n) is 7.54. The predicted octanol–water partition coefficient (Wildman–Crippen LogP) is 3.24. The highest BCUT2D eigenvalue weighted by atomic mass is 16.2. The van der Waals surface area contributed by atoms with Gasteiger partial charge in [-0.15, -0.1) is 0 Å². The molecule has 28 heavy (non-hydrogen) atoms. The highest BCUT2D eigenvalue weighted by Crippen LogP contribution is 2.28. The lowest BCUT2D eigenvalue weighted by Crippen LogP contribution is -2.33. The zero-order valence-corrected chi connectivity index (χ0v) is 16.6. The van der Waals surface area contributed by atoms with Crippen molar-refractivity contribution in [2.24, 2.45) is 7.05 Å². The van der Waals surface area contributed by atoms with Crippen molar-refractivity contribution in [3.63, 3.8) is 0 Å². The van der Waals surface area contributed by atoms with Gasteiger partial charge in [0.1, 0.15) is 5.82 Å². The minimum absolute atomic E-state index is 0.00825. The van der Waals surface area contributed by atoms with Crippen LogP contribution in [0.4, 0.5) is 0 Å². The van der Waals surface area contributed by atoms with Crippen molar-refractivity contribution in [3.05, 3.63) is 65.4 Å². The highest BCUT2D eigenvalue weighted by molar-refractivity contribution is 5.93. The van der Waals surface area contributed by atoms with Gasteiger partial charge >= 0.3 is 0 Å². The maximum Gasteiger partial charge on any atom is 0.257 e. The summed E-state index contributed by atoms with van der Waals surface area (Å²) in [5.41, 5.74) is 5.19. The Labute approximate surface area is 165 Å². The summed E-state index contributed by atoms with van der Waals surface area (Å²) in [5, 5.41) is 4.74. The topological polar surface area (TPSA) is 63.9 Å². The van der Waals surface area contributed by atoms with Crippen molar-refractivity contribution in [1.82, 2.24) is 24.6 Å². The summed E-state index contributed by atoms with van der Waals surface area (Å²) in [7, 11) is 1.99. The van der Waals surface area contributed by atoms with Crippen LogP contribution >= 0.6 is 0 Å². The summed E-state index contributed by atoms with van der Waals surface area (Å²) in [6, 6.07) is 10.3. The van der Waals surface area contributed by atoms with E-state index in [2.05, 4.69) is 22.1 Å². The second kappa shape index (κ2) is 7.54. The van der Waals surface area contributed by atoms with Crippen LogP contribution in [0.2, 0.25) is 0 Å². The fourth-order valence-corrected chi connectivity index (χ4v) is 3.78. The lowest BCUT2D eigenvalue weighted by atomic mass is 10.0. The van der Waals surface area contributed by atoms with Gasteiger partial charge in [0.05, 0.1) is 17.0 Å². The molecule has 0 spiro atoms. The van der Waals surface area contributed by atoms with Crippen LogP contribution in [-0.4, -0.2) is 43.6 Å². The van der Waals surface area contributed by atoms with Crippen molar-refractivity contribution in [2.45, 2.75) is 32.6 Å². The van der Waals surface area contributed by atoms with Crippen LogP contribution in [-0.2, 0) is 19.9 Å². The maximum absolute atomic E-state index is 12.9. The van der Waals surface area contributed by atoms with E-state index in [1.807, 2.05) is 48.7 Å². The quantitative estimate of drug-likeness (QED) is 0.705. The Balaban J connectivity index is 1.55. The zero-order chi connectivity index (χ0) is 19.7. The van der Waals surface area contributed by atoms with E-state index in [0.717, 1.165) is 35.6 Å². The van der Waals surface area contributed by atoms with E-state index in [0.29, 0.717) is 18.7 Å². The molecule has 0 aliphatic carbocycles. The molecular weight excluding hydrogens is 350 g/mol. The molecule has 2 aromatic heterocycles. The Bertz CT molecular complexity index is 976. The first kappa shape index (κ1) is 18.3. The number of carbonyl (C=O) groups is 1. The molecule has 3 heterocycles. The lowest BCUT2D eigenvalue weighted by Gasteiger charge is -2.20. The predicted molar refractivity (Wildman–Crippen MR) is 108 cm³/mol. The highest BCUT2D eigenvalue weighted by Gasteiger charge is 2.25. The van der Waals surface area contributed by atoms with Crippen LogP contribution in [0, 0.1) is 0 Å². The van der Waals surface area contributed by atoms with Crippen LogP contribution in [0.5, 0.6) is 0 Å². The summed E-state index contributed by atoms with van der Waals surface area (Å²) in [5.74, 6) is 1.00. The molecule has 0 bridgehead atoms. The number of rotatable bonds is 3. The van der Waals surface area contributed by atoms with Gasteiger partial charge in [0.25, 0.3) is 5.91 Å². The van der Waals surface area contributed by atoms with Crippen LogP contribution in [0.25, 0.3) is 11.3 Å². The Hall–Kier alpha value is -3.02. The maximum atomic E-state index is 12.9. The van der Waals surface area contributed by atoms with Gasteiger partial charge in [0.15, 0.2) is 0 Å². The number of hydrogen-bond donors (Lipinski definition) is 0. The van der Waals surface area contributed by atoms with Gasteiger partial charge in [-0.05, 0) is 6.42 Å². The van der Waals surface area contributed by atoms with Gasteiger partial charge in [-0.1, -0.05) is 44.2 Å². The monoisotopic (exact) mass is 375 g/mol. The molecule has 0 N–H and O–H groups in total. The van der Waals surface area contributed by atoms with Crippen molar-refractivity contribution < 1.29 is 4.79 Å². The van der Waals surface area contributed by atoms with Crippen LogP contribution < -0.4 is 0 Å². The molecule has 6 heteroatoms. The third-order valence-electron chi connectivity index (χ3n) is 5.25. The Morgan fingerprint density at radius 2 is 1.71 bits per heavy atom. The van der Waals surface area contributed by atoms with Crippen LogP contribution in [0.1, 0.15) is 47.2 Å². The summed E-state index contributed by atoms with van der Waals surface area (Å²) in [6.45, 7) is 5.41. The van der Waals surface area contributed by atoms with Crippen molar-refractivity contribution >= 4 is 5.91 Å². The van der Waals surface area contributed by atoms with Gasteiger partial charge < -0.3 is 4.90 Å². The number of benzene rings is 1. The standard InChI is InChI=1S/C22H25N5O/c1-15(2)21-23-13-17(14-24-21)22(28)27-11-9-18-19(10-12-27)25-26(3)20(18)16-7-5-4-6-8-16/h4-8,13-15H,9-12H2,1-3H3. The molecule has 0 saturated carbocycles. The number of hydrogen-bond acceptors (Lipinski definition) is 4. The molecule has 6 nitrogen and oxygen atoms in total. The molecule has 0 radical (unpaired) electrons. The van der Waals surface area contributed by atoms with E-state index in [1.165, 1.54) is 5.56 Å². The number of nitrogens with zero attached hydrogens (tertiary/aromatic N) is 5. The fourth-order valence-electron chi connectivity index (χ4n) is 3.78. The molecule has 1 amide bonds. The van der Waals surface area contributed by atoms with Gasteiger partial charge in [0, 0.05) is 56.0 Å². The van der Waals surface area contributed by atoms with Gasteiger partial charge in [-0.2, -0.15) is 5.10 Å². The average Bonchev–Trinajstić information content (AvgIpc) is 2.89. The molecule has 0 fully saturated rings. The molecule has 0 unspecified atom stereocenters. The first-order chi connectivity index (χ1) is 13.5. The SMILES string of the molecule is CC(C)c1ncc(C(=O)N2CCc3nn(C)c(-c4ccccc4)c3CC2)cn1. The third-order valence-corrected chi connectivity index (χ3v) is 5.25. The van der Waals surface area contributed by atoms with E-state index in [4.69, 9.17) is 5.10 Å². The molecule has 1 aromatic carbocycles. The van der Waals surface area contributed by atoms with Gasteiger partial charge in [0.2, 0.25) is 0 Å². The molecule has 3 aromatic rings. The molecule has 4 rings (SSSR count). The molecular formula is C22H25N5O. The minimum Gasteiger partial charge on any atom is -0.338 e. The Morgan fingerprint density at radius 3 is 2.39 bits per heavy atom. The zero-order valence-electron chi connectivity index (χ0n) is 16.6. The minimum atomic E-state index is -0.00825. The van der Waals surface area contributed by atoms with Crippen molar-refractivity contribution in [1.29, 1.82) is 0 Å². The third kappa shape index (κ3) is 3.42. The largest absolute Gasteiger partial charge is 0.338 e.